The van der Waals surface area contributed by atoms with Crippen molar-refractivity contribution >= 4 is 0 Å². The molecule has 1 heterocycles. The monoisotopic (exact) mass is 221 g/mol. The van der Waals surface area contributed by atoms with Crippen molar-refractivity contribution in [2.45, 2.75) is 58.4 Å². The minimum atomic E-state index is 0.212. The first-order valence-corrected chi connectivity index (χ1v) is 6.30. The van der Waals surface area contributed by atoms with Crippen LogP contribution in [-0.2, 0) is 5.41 Å². The Morgan fingerprint density at radius 1 is 1.38 bits per heavy atom. The summed E-state index contributed by atoms with van der Waals surface area (Å²) in [7, 11) is 0. The maximum absolute atomic E-state index is 5.62. The van der Waals surface area contributed by atoms with Gasteiger partial charge in [0.2, 0.25) is 0 Å². The highest BCUT2D eigenvalue weighted by Crippen LogP contribution is 2.31. The molecule has 0 bridgehead atoms. The van der Waals surface area contributed by atoms with Crippen molar-refractivity contribution in [1.82, 2.24) is 5.32 Å². The van der Waals surface area contributed by atoms with Gasteiger partial charge in [-0.2, -0.15) is 0 Å². The lowest BCUT2D eigenvalue weighted by molar-refractivity contribution is 0.437. The van der Waals surface area contributed by atoms with Crippen LogP contribution in [0.25, 0.3) is 0 Å². The first kappa shape index (κ1) is 11.7. The van der Waals surface area contributed by atoms with Crippen LogP contribution in [0.1, 0.15) is 50.2 Å². The predicted octanol–water partition coefficient (Wildman–Crippen LogP) is 3.32. The molecule has 1 fully saturated rings. The topological polar surface area (TPSA) is 25.2 Å². The van der Waals surface area contributed by atoms with Crippen LogP contribution in [-0.4, -0.2) is 12.6 Å². The number of hydrogen-bond donors (Lipinski definition) is 1. The molecule has 0 aromatic carbocycles. The second kappa shape index (κ2) is 4.25. The van der Waals surface area contributed by atoms with Crippen LogP contribution in [0.3, 0.4) is 0 Å². The number of aryl methyl sites for hydroxylation is 2. The molecule has 0 radical (unpaired) electrons. The van der Waals surface area contributed by atoms with Crippen molar-refractivity contribution in [2.75, 3.05) is 6.54 Å². The molecule has 16 heavy (non-hydrogen) atoms. The maximum atomic E-state index is 5.62. The minimum absolute atomic E-state index is 0.212. The number of hydrogen-bond acceptors (Lipinski definition) is 2. The van der Waals surface area contributed by atoms with E-state index < -0.39 is 0 Å². The molecular weight excluding hydrogens is 198 g/mol. The van der Waals surface area contributed by atoms with E-state index in [-0.39, 0.29) is 5.41 Å². The van der Waals surface area contributed by atoms with Crippen LogP contribution in [0.2, 0.25) is 0 Å². The fourth-order valence-corrected chi connectivity index (χ4v) is 2.31. The largest absolute Gasteiger partial charge is 0.466 e. The number of rotatable bonds is 5. The quantitative estimate of drug-likeness (QED) is 0.825. The molecule has 2 nitrogen and oxygen atoms in total. The van der Waals surface area contributed by atoms with Crippen molar-refractivity contribution in [3.8, 4) is 0 Å². The van der Waals surface area contributed by atoms with Gasteiger partial charge in [0.15, 0.2) is 0 Å². The van der Waals surface area contributed by atoms with Gasteiger partial charge in [0.25, 0.3) is 0 Å². The Morgan fingerprint density at radius 2 is 2.06 bits per heavy atom. The zero-order valence-electron chi connectivity index (χ0n) is 10.9. The van der Waals surface area contributed by atoms with E-state index in [1.54, 1.807) is 0 Å². The molecule has 1 aliphatic carbocycles. The highest BCUT2D eigenvalue weighted by Gasteiger charge is 2.26. The summed E-state index contributed by atoms with van der Waals surface area (Å²) < 4.78 is 5.62. The lowest BCUT2D eigenvalue weighted by atomic mass is 9.81. The molecule has 1 saturated carbocycles. The second-order valence-corrected chi connectivity index (χ2v) is 5.69. The van der Waals surface area contributed by atoms with Gasteiger partial charge in [-0.05, 0) is 56.7 Å². The second-order valence-electron chi connectivity index (χ2n) is 5.69. The SMILES string of the molecule is Cc1cc(C(C)(C)CCNC2CC2)c(C)o1. The zero-order chi connectivity index (χ0) is 11.8. The zero-order valence-corrected chi connectivity index (χ0v) is 10.9. The Morgan fingerprint density at radius 3 is 2.56 bits per heavy atom. The molecule has 1 aromatic rings. The molecular formula is C14H23NO. The van der Waals surface area contributed by atoms with Gasteiger partial charge in [-0.15, -0.1) is 0 Å². The highest BCUT2D eigenvalue weighted by atomic mass is 16.3. The number of nitrogens with one attached hydrogen (secondary N) is 1. The lowest BCUT2D eigenvalue weighted by Gasteiger charge is -2.24. The van der Waals surface area contributed by atoms with E-state index in [0.29, 0.717) is 0 Å². The van der Waals surface area contributed by atoms with E-state index in [2.05, 4.69) is 32.2 Å². The third-order valence-corrected chi connectivity index (χ3v) is 3.53. The molecule has 0 amide bonds. The van der Waals surface area contributed by atoms with E-state index in [1.807, 2.05) is 6.92 Å². The van der Waals surface area contributed by atoms with Crippen LogP contribution in [0, 0.1) is 13.8 Å². The molecule has 0 atom stereocenters. The summed E-state index contributed by atoms with van der Waals surface area (Å²) in [5, 5.41) is 3.58. The Labute approximate surface area is 98.4 Å². The summed E-state index contributed by atoms with van der Waals surface area (Å²) in [6.45, 7) is 9.81. The molecule has 2 rings (SSSR count). The van der Waals surface area contributed by atoms with Crippen LogP contribution in [0.15, 0.2) is 10.5 Å². The predicted molar refractivity (Wildman–Crippen MR) is 66.8 cm³/mol. The summed E-state index contributed by atoms with van der Waals surface area (Å²) in [6, 6.07) is 3.00. The smallest absolute Gasteiger partial charge is 0.104 e. The number of furan rings is 1. The van der Waals surface area contributed by atoms with Crippen molar-refractivity contribution in [3.05, 3.63) is 23.2 Å². The highest BCUT2D eigenvalue weighted by molar-refractivity contribution is 5.28. The molecule has 90 valence electrons. The Bertz CT molecular complexity index is 361. The van der Waals surface area contributed by atoms with Gasteiger partial charge in [0.1, 0.15) is 11.5 Å². The summed E-state index contributed by atoms with van der Waals surface area (Å²) in [6.07, 6.45) is 3.90. The van der Waals surface area contributed by atoms with E-state index in [1.165, 1.54) is 24.8 Å². The maximum Gasteiger partial charge on any atom is 0.104 e. The Kier molecular flexibility index (Phi) is 3.11. The van der Waals surface area contributed by atoms with Gasteiger partial charge in [0, 0.05) is 6.04 Å². The molecule has 2 heteroatoms. The molecule has 1 aliphatic rings. The van der Waals surface area contributed by atoms with Crippen molar-refractivity contribution in [2.24, 2.45) is 0 Å². The van der Waals surface area contributed by atoms with Gasteiger partial charge in [-0.25, -0.2) is 0 Å². The summed E-state index contributed by atoms with van der Waals surface area (Å²) in [5.74, 6) is 2.10. The molecule has 0 aliphatic heterocycles. The first-order chi connectivity index (χ1) is 7.49. The van der Waals surface area contributed by atoms with Gasteiger partial charge in [-0.3, -0.25) is 0 Å². The van der Waals surface area contributed by atoms with Gasteiger partial charge < -0.3 is 9.73 Å². The lowest BCUT2D eigenvalue weighted by Crippen LogP contribution is -2.26. The van der Waals surface area contributed by atoms with Gasteiger partial charge in [0.05, 0.1) is 0 Å². The normalized spacial score (nSPS) is 16.8. The molecule has 0 unspecified atom stereocenters. The standard InChI is InChI=1S/C14H23NO/c1-10-9-13(11(2)16-10)14(3,4)7-8-15-12-5-6-12/h9,12,15H,5-8H2,1-4H3. The molecule has 1 aromatic heterocycles. The van der Waals surface area contributed by atoms with Crippen LogP contribution in [0.4, 0.5) is 0 Å². The van der Waals surface area contributed by atoms with E-state index in [4.69, 9.17) is 4.42 Å². The Hall–Kier alpha value is -0.760. The third-order valence-electron chi connectivity index (χ3n) is 3.53. The van der Waals surface area contributed by atoms with Crippen LogP contribution in [0.5, 0.6) is 0 Å². The average Bonchev–Trinajstić information content (AvgIpc) is 2.91. The summed E-state index contributed by atoms with van der Waals surface area (Å²) >= 11 is 0. The van der Waals surface area contributed by atoms with E-state index in [0.717, 1.165) is 24.1 Å². The third kappa shape index (κ3) is 2.67. The van der Waals surface area contributed by atoms with Crippen molar-refractivity contribution < 1.29 is 4.42 Å². The van der Waals surface area contributed by atoms with E-state index in [9.17, 15) is 0 Å². The van der Waals surface area contributed by atoms with Gasteiger partial charge in [-0.1, -0.05) is 13.8 Å². The van der Waals surface area contributed by atoms with Crippen molar-refractivity contribution in [3.63, 3.8) is 0 Å². The van der Waals surface area contributed by atoms with Crippen molar-refractivity contribution in [1.29, 1.82) is 0 Å². The van der Waals surface area contributed by atoms with Crippen LogP contribution >= 0.6 is 0 Å². The fraction of sp³-hybridized carbons (Fsp3) is 0.714. The molecule has 1 N–H and O–H groups in total. The average molecular weight is 221 g/mol. The Balaban J connectivity index is 1.96. The minimum Gasteiger partial charge on any atom is -0.466 e. The summed E-state index contributed by atoms with van der Waals surface area (Å²) in [5.41, 5.74) is 1.58. The van der Waals surface area contributed by atoms with Gasteiger partial charge >= 0.3 is 0 Å². The fourth-order valence-electron chi connectivity index (χ4n) is 2.31. The van der Waals surface area contributed by atoms with E-state index >= 15 is 0 Å². The molecule has 0 saturated heterocycles. The van der Waals surface area contributed by atoms with Crippen LogP contribution < -0.4 is 5.32 Å². The molecule has 0 spiro atoms. The summed E-state index contributed by atoms with van der Waals surface area (Å²) in [4.78, 5) is 0. The first-order valence-electron chi connectivity index (χ1n) is 6.30.